The van der Waals surface area contributed by atoms with Crippen molar-refractivity contribution in [1.29, 1.82) is 0 Å². The van der Waals surface area contributed by atoms with Gasteiger partial charge in [0.25, 0.3) is 0 Å². The highest BCUT2D eigenvalue weighted by Crippen LogP contribution is 2.36. The molecule has 1 amide bonds. The van der Waals surface area contributed by atoms with E-state index >= 15 is 0 Å². The van der Waals surface area contributed by atoms with Crippen molar-refractivity contribution in [3.63, 3.8) is 0 Å². The van der Waals surface area contributed by atoms with E-state index in [9.17, 15) is 4.79 Å². The van der Waals surface area contributed by atoms with Crippen LogP contribution < -0.4 is 4.90 Å². The number of aryl methyl sites for hydroxylation is 3. The fourth-order valence-electron chi connectivity index (χ4n) is 4.99. The van der Waals surface area contributed by atoms with E-state index in [0.717, 1.165) is 37.4 Å². The molecule has 4 nitrogen and oxygen atoms in total. The Bertz CT molecular complexity index is 875. The fourth-order valence-corrected chi connectivity index (χ4v) is 4.99. The highest BCUT2D eigenvalue weighted by Gasteiger charge is 2.42. The van der Waals surface area contributed by atoms with Gasteiger partial charge >= 0.3 is 0 Å². The van der Waals surface area contributed by atoms with E-state index in [0.29, 0.717) is 11.8 Å². The number of piperidine rings is 1. The van der Waals surface area contributed by atoms with Gasteiger partial charge in [0.1, 0.15) is 5.82 Å². The lowest BCUT2D eigenvalue weighted by atomic mass is 9.88. The number of carbonyl (C=O) groups excluding carboxylic acids is 1. The summed E-state index contributed by atoms with van der Waals surface area (Å²) in [7, 11) is 1.93. The summed E-state index contributed by atoms with van der Waals surface area (Å²) in [5.41, 5.74) is 5.40. The van der Waals surface area contributed by atoms with Crippen LogP contribution in [0.3, 0.4) is 0 Å². The standard InChI is InChI=1S/C21H25N3O/c1-13-8-20(22-19-10-15-5-3-4-14(15)9-17(13)19)24-11-16-6-7-23(2)21(25)18(16)12-24/h8-10,16,18H,3-7,11-12H2,1-2H3/t16-,18+/m1/s1. The molecule has 0 radical (unpaired) electrons. The lowest BCUT2D eigenvalue weighted by Gasteiger charge is -2.30. The molecule has 4 heteroatoms. The summed E-state index contributed by atoms with van der Waals surface area (Å²) in [6, 6.07) is 6.87. The van der Waals surface area contributed by atoms with Crippen LogP contribution in [-0.2, 0) is 17.6 Å². The number of carbonyl (C=O) groups is 1. The van der Waals surface area contributed by atoms with Crippen molar-refractivity contribution in [3.8, 4) is 0 Å². The third-order valence-electron chi connectivity index (χ3n) is 6.51. The number of likely N-dealkylation sites (tertiary alicyclic amines) is 1. The maximum Gasteiger partial charge on any atom is 0.227 e. The second-order valence-corrected chi connectivity index (χ2v) is 8.11. The number of benzene rings is 1. The molecule has 1 aromatic carbocycles. The Hall–Kier alpha value is -2.10. The molecule has 1 aliphatic carbocycles. The Morgan fingerprint density at radius 2 is 1.92 bits per heavy atom. The Morgan fingerprint density at radius 1 is 1.12 bits per heavy atom. The molecule has 3 heterocycles. The van der Waals surface area contributed by atoms with Crippen LogP contribution in [-0.4, -0.2) is 42.5 Å². The third-order valence-corrected chi connectivity index (χ3v) is 6.51. The van der Waals surface area contributed by atoms with Crippen molar-refractivity contribution in [1.82, 2.24) is 9.88 Å². The molecule has 0 N–H and O–H groups in total. The van der Waals surface area contributed by atoms with E-state index in [-0.39, 0.29) is 5.92 Å². The van der Waals surface area contributed by atoms with Gasteiger partial charge in [-0.25, -0.2) is 4.98 Å². The predicted octanol–water partition coefficient (Wildman–Crippen LogP) is 2.95. The first kappa shape index (κ1) is 15.2. The SMILES string of the molecule is Cc1cc(N2C[C@H]3CCN(C)C(=O)[C@H]3C2)nc2cc3c(cc12)CCC3. The summed E-state index contributed by atoms with van der Waals surface area (Å²) in [5.74, 6) is 2.00. The van der Waals surface area contributed by atoms with Gasteiger partial charge in [-0.05, 0) is 73.4 Å². The molecule has 1 aromatic heterocycles. The average molecular weight is 335 g/mol. The number of aromatic nitrogens is 1. The molecule has 3 aliphatic rings. The summed E-state index contributed by atoms with van der Waals surface area (Å²) in [6.07, 6.45) is 4.77. The van der Waals surface area contributed by atoms with Crippen molar-refractivity contribution < 1.29 is 4.79 Å². The maximum absolute atomic E-state index is 12.5. The van der Waals surface area contributed by atoms with Crippen molar-refractivity contribution >= 4 is 22.6 Å². The number of amides is 1. The summed E-state index contributed by atoms with van der Waals surface area (Å²) in [5, 5.41) is 1.29. The highest BCUT2D eigenvalue weighted by atomic mass is 16.2. The molecule has 0 unspecified atom stereocenters. The van der Waals surface area contributed by atoms with E-state index in [4.69, 9.17) is 4.98 Å². The number of anilines is 1. The van der Waals surface area contributed by atoms with Crippen molar-refractivity contribution in [3.05, 3.63) is 34.9 Å². The summed E-state index contributed by atoms with van der Waals surface area (Å²) < 4.78 is 0. The van der Waals surface area contributed by atoms with Gasteiger partial charge in [-0.3, -0.25) is 4.79 Å². The minimum atomic E-state index is 0.150. The van der Waals surface area contributed by atoms with Gasteiger partial charge < -0.3 is 9.80 Å². The number of hydrogen-bond acceptors (Lipinski definition) is 3. The van der Waals surface area contributed by atoms with Crippen molar-refractivity contribution in [2.75, 3.05) is 31.6 Å². The molecule has 25 heavy (non-hydrogen) atoms. The van der Waals surface area contributed by atoms with Crippen LogP contribution in [0.4, 0.5) is 5.82 Å². The number of pyridine rings is 1. The second-order valence-electron chi connectivity index (χ2n) is 8.11. The first-order valence-corrected chi connectivity index (χ1v) is 9.53. The van der Waals surface area contributed by atoms with Gasteiger partial charge in [0.2, 0.25) is 5.91 Å². The molecule has 2 saturated heterocycles. The normalized spacial score (nSPS) is 25.6. The maximum atomic E-state index is 12.5. The minimum Gasteiger partial charge on any atom is -0.355 e. The summed E-state index contributed by atoms with van der Waals surface area (Å²) in [4.78, 5) is 21.7. The first-order valence-electron chi connectivity index (χ1n) is 9.53. The van der Waals surface area contributed by atoms with Gasteiger partial charge in [-0.15, -0.1) is 0 Å². The first-order chi connectivity index (χ1) is 12.1. The van der Waals surface area contributed by atoms with Gasteiger partial charge in [-0.2, -0.15) is 0 Å². The van der Waals surface area contributed by atoms with Crippen LogP contribution in [0.1, 0.15) is 29.5 Å². The predicted molar refractivity (Wildman–Crippen MR) is 100.0 cm³/mol. The number of nitrogens with zero attached hydrogens (tertiary/aromatic N) is 3. The Labute approximate surface area is 148 Å². The van der Waals surface area contributed by atoms with E-state index in [2.05, 4.69) is 30.0 Å². The lowest BCUT2D eigenvalue weighted by Crippen LogP contribution is -2.42. The van der Waals surface area contributed by atoms with Crippen LogP contribution in [0, 0.1) is 18.8 Å². The molecule has 2 atom stereocenters. The molecule has 2 aliphatic heterocycles. The monoisotopic (exact) mass is 335 g/mol. The molecule has 5 rings (SSSR count). The average Bonchev–Trinajstić information content (AvgIpc) is 3.23. The van der Waals surface area contributed by atoms with Crippen LogP contribution in [0.15, 0.2) is 18.2 Å². The molecular formula is C21H25N3O. The smallest absolute Gasteiger partial charge is 0.227 e. The molecule has 0 saturated carbocycles. The van der Waals surface area contributed by atoms with Crippen LogP contribution in [0.5, 0.6) is 0 Å². The van der Waals surface area contributed by atoms with Crippen LogP contribution in [0.2, 0.25) is 0 Å². The molecule has 130 valence electrons. The Kier molecular flexibility index (Phi) is 3.31. The van der Waals surface area contributed by atoms with Crippen molar-refractivity contribution in [2.45, 2.75) is 32.6 Å². The second kappa shape index (κ2) is 5.45. The van der Waals surface area contributed by atoms with Crippen LogP contribution in [0.25, 0.3) is 10.9 Å². The minimum absolute atomic E-state index is 0.150. The number of hydrogen-bond donors (Lipinski definition) is 0. The molecule has 0 bridgehead atoms. The zero-order valence-electron chi connectivity index (χ0n) is 15.1. The Balaban J connectivity index is 1.51. The quantitative estimate of drug-likeness (QED) is 0.804. The van der Waals surface area contributed by atoms with Crippen LogP contribution >= 0.6 is 0 Å². The molecule has 0 spiro atoms. The summed E-state index contributed by atoms with van der Waals surface area (Å²) in [6.45, 7) is 4.87. The summed E-state index contributed by atoms with van der Waals surface area (Å²) >= 11 is 0. The van der Waals surface area contributed by atoms with Gasteiger partial charge in [-0.1, -0.05) is 0 Å². The Morgan fingerprint density at radius 3 is 2.76 bits per heavy atom. The fraction of sp³-hybridized carbons (Fsp3) is 0.524. The zero-order chi connectivity index (χ0) is 17.1. The largest absolute Gasteiger partial charge is 0.355 e. The van der Waals surface area contributed by atoms with Crippen molar-refractivity contribution in [2.24, 2.45) is 11.8 Å². The van der Waals surface area contributed by atoms with E-state index < -0.39 is 0 Å². The van der Waals surface area contributed by atoms with Gasteiger partial charge in [0.15, 0.2) is 0 Å². The number of rotatable bonds is 1. The molecular weight excluding hydrogens is 310 g/mol. The van der Waals surface area contributed by atoms with Gasteiger partial charge in [0, 0.05) is 32.1 Å². The lowest BCUT2D eigenvalue weighted by molar-refractivity contribution is -0.137. The third kappa shape index (κ3) is 2.34. The van der Waals surface area contributed by atoms with E-state index in [1.807, 2.05) is 11.9 Å². The molecule has 2 fully saturated rings. The highest BCUT2D eigenvalue weighted by molar-refractivity contribution is 5.86. The van der Waals surface area contributed by atoms with E-state index in [1.54, 1.807) is 0 Å². The van der Waals surface area contributed by atoms with Gasteiger partial charge in [0.05, 0.1) is 11.4 Å². The van der Waals surface area contributed by atoms with E-state index in [1.165, 1.54) is 41.3 Å². The number of fused-ring (bicyclic) bond motifs is 3. The molecule has 2 aromatic rings. The zero-order valence-corrected chi connectivity index (χ0v) is 15.1. The topological polar surface area (TPSA) is 36.4 Å².